The summed E-state index contributed by atoms with van der Waals surface area (Å²) >= 11 is 0. The van der Waals surface area contributed by atoms with Gasteiger partial charge in [-0.25, -0.2) is 19.2 Å². The summed E-state index contributed by atoms with van der Waals surface area (Å²) in [5, 5.41) is 0. The van der Waals surface area contributed by atoms with Crippen LogP contribution in [0.2, 0.25) is 0 Å². The standard InChI is InChI=1S/C30H21F3O9/c1-17(31)27(34)39-15-14-38-23-9-4-20(5-10-23)21-6-11-24(12-7-21)40-30(37)22-8-13-25(41-28(35)18(2)32)26(16-22)42-29(36)19(3)33/h4-13,16H,1-3,14-15H2. The molecule has 0 saturated heterocycles. The lowest BCUT2D eigenvalue weighted by Gasteiger charge is -2.11. The molecular formula is C30H21F3O9. The van der Waals surface area contributed by atoms with Crippen molar-refractivity contribution in [3.05, 3.63) is 110 Å². The van der Waals surface area contributed by atoms with E-state index in [0.717, 1.165) is 29.3 Å². The second-order valence-electron chi connectivity index (χ2n) is 8.08. The number of hydrogen-bond donors (Lipinski definition) is 0. The maximum Gasteiger partial charge on any atom is 0.372 e. The zero-order valence-electron chi connectivity index (χ0n) is 21.7. The molecule has 0 N–H and O–H groups in total. The quantitative estimate of drug-likeness (QED) is 0.114. The molecule has 3 aromatic carbocycles. The Morgan fingerprint density at radius 2 is 1.07 bits per heavy atom. The number of ether oxygens (including phenoxy) is 5. The third kappa shape index (κ3) is 8.68. The molecule has 42 heavy (non-hydrogen) atoms. The van der Waals surface area contributed by atoms with Gasteiger partial charge in [-0.1, -0.05) is 44.0 Å². The Balaban J connectivity index is 1.65. The fraction of sp³-hybridized carbons (Fsp3) is 0.0667. The molecule has 0 aromatic heterocycles. The molecule has 0 atom stereocenters. The smallest absolute Gasteiger partial charge is 0.372 e. The number of rotatable bonds is 12. The minimum Gasteiger partial charge on any atom is -0.490 e. The first-order valence-electron chi connectivity index (χ1n) is 11.8. The number of esters is 4. The highest BCUT2D eigenvalue weighted by atomic mass is 19.1. The van der Waals surface area contributed by atoms with Gasteiger partial charge in [-0.2, -0.15) is 13.2 Å². The lowest BCUT2D eigenvalue weighted by molar-refractivity contribution is -0.141. The Bertz CT molecular complexity index is 1550. The highest BCUT2D eigenvalue weighted by molar-refractivity contribution is 5.94. The van der Waals surface area contributed by atoms with Crippen LogP contribution in [0.3, 0.4) is 0 Å². The molecule has 0 spiro atoms. The average Bonchev–Trinajstić information content (AvgIpc) is 2.96. The topological polar surface area (TPSA) is 114 Å². The van der Waals surface area contributed by atoms with Crippen molar-refractivity contribution in [2.24, 2.45) is 0 Å². The van der Waals surface area contributed by atoms with Crippen molar-refractivity contribution in [2.45, 2.75) is 0 Å². The van der Waals surface area contributed by atoms with Crippen molar-refractivity contribution in [3.8, 4) is 34.1 Å². The van der Waals surface area contributed by atoms with E-state index >= 15 is 0 Å². The number of carbonyl (C=O) groups is 4. The fourth-order valence-corrected chi connectivity index (χ4v) is 3.11. The molecule has 0 aliphatic carbocycles. The van der Waals surface area contributed by atoms with Gasteiger partial charge in [0.1, 0.15) is 24.7 Å². The third-order valence-corrected chi connectivity index (χ3v) is 5.09. The van der Waals surface area contributed by atoms with Gasteiger partial charge in [0.15, 0.2) is 11.5 Å². The Morgan fingerprint density at radius 1 is 0.571 bits per heavy atom. The molecule has 0 radical (unpaired) electrons. The van der Waals surface area contributed by atoms with E-state index in [0.29, 0.717) is 5.75 Å². The van der Waals surface area contributed by atoms with Crippen LogP contribution >= 0.6 is 0 Å². The third-order valence-electron chi connectivity index (χ3n) is 5.09. The van der Waals surface area contributed by atoms with Crippen LogP contribution in [-0.4, -0.2) is 37.1 Å². The van der Waals surface area contributed by atoms with Gasteiger partial charge in [0.05, 0.1) is 5.56 Å². The van der Waals surface area contributed by atoms with E-state index in [1.807, 2.05) is 0 Å². The van der Waals surface area contributed by atoms with Crippen LogP contribution in [0, 0.1) is 0 Å². The van der Waals surface area contributed by atoms with E-state index in [-0.39, 0.29) is 24.5 Å². The maximum atomic E-state index is 13.2. The van der Waals surface area contributed by atoms with E-state index in [4.69, 9.17) is 18.9 Å². The minimum atomic E-state index is -1.53. The van der Waals surface area contributed by atoms with Gasteiger partial charge < -0.3 is 23.7 Å². The molecule has 0 aliphatic rings. The first-order chi connectivity index (χ1) is 19.9. The second kappa shape index (κ2) is 14.1. The van der Waals surface area contributed by atoms with Crippen molar-refractivity contribution in [2.75, 3.05) is 13.2 Å². The summed E-state index contributed by atoms with van der Waals surface area (Å²) in [6.07, 6.45) is 0. The fourth-order valence-electron chi connectivity index (χ4n) is 3.11. The number of hydrogen-bond acceptors (Lipinski definition) is 9. The van der Waals surface area contributed by atoms with Crippen molar-refractivity contribution in [1.29, 1.82) is 0 Å². The molecule has 3 rings (SSSR count). The number of benzene rings is 3. The van der Waals surface area contributed by atoms with Crippen LogP contribution in [0.15, 0.2) is 104 Å². The van der Waals surface area contributed by atoms with Gasteiger partial charge >= 0.3 is 23.9 Å². The van der Waals surface area contributed by atoms with Crippen LogP contribution < -0.4 is 18.9 Å². The molecule has 0 unspecified atom stereocenters. The van der Waals surface area contributed by atoms with E-state index in [1.54, 1.807) is 36.4 Å². The SMILES string of the molecule is C=C(F)C(=O)OCCOc1ccc(-c2ccc(OC(=O)c3ccc(OC(=O)C(=C)F)c(OC(=O)C(=C)F)c3)cc2)cc1. The molecule has 3 aromatic rings. The minimum absolute atomic E-state index is 0.00868. The van der Waals surface area contributed by atoms with Gasteiger partial charge in [0, 0.05) is 0 Å². The number of halogens is 3. The lowest BCUT2D eigenvalue weighted by atomic mass is 10.1. The Morgan fingerprint density at radius 3 is 1.60 bits per heavy atom. The van der Waals surface area contributed by atoms with E-state index < -0.39 is 52.9 Å². The normalized spacial score (nSPS) is 10.2. The van der Waals surface area contributed by atoms with Gasteiger partial charge in [-0.15, -0.1) is 0 Å². The first-order valence-corrected chi connectivity index (χ1v) is 11.8. The maximum absolute atomic E-state index is 13.2. The van der Waals surface area contributed by atoms with E-state index in [9.17, 15) is 32.3 Å². The number of carbonyl (C=O) groups excluding carboxylic acids is 4. The highest BCUT2D eigenvalue weighted by Crippen LogP contribution is 2.31. The molecule has 0 amide bonds. The summed E-state index contributed by atoms with van der Waals surface area (Å²) in [7, 11) is 0. The summed E-state index contributed by atoms with van der Waals surface area (Å²) in [6, 6.07) is 16.3. The highest BCUT2D eigenvalue weighted by Gasteiger charge is 2.20. The van der Waals surface area contributed by atoms with Crippen LogP contribution in [-0.2, 0) is 19.1 Å². The van der Waals surface area contributed by atoms with Crippen LogP contribution in [0.25, 0.3) is 11.1 Å². The zero-order chi connectivity index (χ0) is 30.8. The Hall–Kier alpha value is -5.65. The van der Waals surface area contributed by atoms with E-state index in [2.05, 4.69) is 24.5 Å². The molecule has 0 heterocycles. The predicted octanol–water partition coefficient (Wildman–Crippen LogP) is 5.76. The summed E-state index contributed by atoms with van der Waals surface area (Å²) in [5.74, 6) is -9.62. The molecule has 0 bridgehead atoms. The predicted molar refractivity (Wildman–Crippen MR) is 142 cm³/mol. The lowest BCUT2D eigenvalue weighted by Crippen LogP contribution is -2.14. The van der Waals surface area contributed by atoms with Crippen molar-refractivity contribution < 1.29 is 56.0 Å². The molecule has 0 saturated carbocycles. The Labute approximate surface area is 237 Å². The monoisotopic (exact) mass is 582 g/mol. The van der Waals surface area contributed by atoms with E-state index in [1.165, 1.54) is 12.1 Å². The van der Waals surface area contributed by atoms with Crippen LogP contribution in [0.1, 0.15) is 10.4 Å². The molecule has 0 fully saturated rings. The largest absolute Gasteiger partial charge is 0.490 e. The van der Waals surface area contributed by atoms with Gasteiger partial charge in [-0.3, -0.25) is 0 Å². The zero-order valence-corrected chi connectivity index (χ0v) is 21.7. The average molecular weight is 582 g/mol. The summed E-state index contributed by atoms with van der Waals surface area (Å²) in [5.41, 5.74) is 1.38. The Kier molecular flexibility index (Phi) is 10.4. The molecule has 216 valence electrons. The molecular weight excluding hydrogens is 561 g/mol. The van der Waals surface area contributed by atoms with Crippen LogP contribution in [0.5, 0.6) is 23.0 Å². The van der Waals surface area contributed by atoms with Crippen molar-refractivity contribution >= 4 is 23.9 Å². The first kappa shape index (κ1) is 30.9. The van der Waals surface area contributed by atoms with Crippen molar-refractivity contribution in [1.82, 2.24) is 0 Å². The van der Waals surface area contributed by atoms with Crippen molar-refractivity contribution in [3.63, 3.8) is 0 Å². The summed E-state index contributed by atoms with van der Waals surface area (Å²) in [4.78, 5) is 46.9. The molecule has 9 nitrogen and oxygen atoms in total. The molecule has 0 aliphatic heterocycles. The van der Waals surface area contributed by atoms with Gasteiger partial charge in [-0.05, 0) is 53.6 Å². The molecule has 12 heteroatoms. The summed E-state index contributed by atoms with van der Waals surface area (Å²) in [6.45, 7) is 8.27. The second-order valence-corrected chi connectivity index (χ2v) is 8.08. The van der Waals surface area contributed by atoms with Crippen LogP contribution in [0.4, 0.5) is 13.2 Å². The summed E-state index contributed by atoms with van der Waals surface area (Å²) < 4.78 is 63.6. The van der Waals surface area contributed by atoms with Gasteiger partial charge in [0.2, 0.25) is 17.5 Å². The van der Waals surface area contributed by atoms with Gasteiger partial charge in [0.25, 0.3) is 0 Å².